The standard InChI is InChI=1S/C34H30ClF6N5O/c35-26-8-9-27(33(36,37)38)25(17-26)20-46-11-10-42-32-30(46)18-24(19-43-32)22-4-3-5-23(16-22)31(47)21-44-12-14-45(15-13-44)29-7-2-1-6-28(29)34(39,40)41/h1-9,16-19H,10-15,20-21H2,(H,42,43). The van der Waals surface area contributed by atoms with Crippen LogP contribution >= 0.6 is 11.6 Å². The number of hydrogen-bond donors (Lipinski definition) is 1. The SMILES string of the molecule is O=C(CN1CCN(c2ccccc2C(F)(F)F)CC1)c1cccc(-c2cnc3c(c2)N(Cc2cc(Cl)ccc2C(F)(F)F)CCN3)c1. The second kappa shape index (κ2) is 13.1. The molecule has 13 heteroatoms. The second-order valence-electron chi connectivity index (χ2n) is 11.5. The molecule has 2 aliphatic heterocycles. The molecule has 1 fully saturated rings. The Balaban J connectivity index is 1.16. The van der Waals surface area contributed by atoms with Crippen LogP contribution in [0.5, 0.6) is 0 Å². The summed E-state index contributed by atoms with van der Waals surface area (Å²) in [4.78, 5) is 23.3. The number of pyridine rings is 1. The fourth-order valence-electron chi connectivity index (χ4n) is 6.06. The number of anilines is 3. The lowest BCUT2D eigenvalue weighted by atomic mass is 10.0. The highest BCUT2D eigenvalue weighted by atomic mass is 35.5. The van der Waals surface area contributed by atoms with Crippen LogP contribution in [-0.4, -0.2) is 61.5 Å². The number of rotatable bonds is 7. The van der Waals surface area contributed by atoms with Crippen molar-refractivity contribution in [2.24, 2.45) is 0 Å². The number of nitrogens with zero attached hydrogens (tertiary/aromatic N) is 4. The fourth-order valence-corrected chi connectivity index (χ4v) is 6.25. The lowest BCUT2D eigenvalue weighted by Crippen LogP contribution is -2.48. The Hall–Kier alpha value is -4.29. The molecule has 47 heavy (non-hydrogen) atoms. The fraction of sp³-hybridized carbons (Fsp3) is 0.294. The Labute approximate surface area is 272 Å². The molecule has 0 amide bonds. The molecule has 0 atom stereocenters. The second-order valence-corrected chi connectivity index (χ2v) is 12.0. The first-order valence-electron chi connectivity index (χ1n) is 15.0. The van der Waals surface area contributed by atoms with Gasteiger partial charge in [0.2, 0.25) is 0 Å². The maximum atomic E-state index is 13.8. The third-order valence-corrected chi connectivity index (χ3v) is 8.66. The smallest absolute Gasteiger partial charge is 0.368 e. The topological polar surface area (TPSA) is 51.7 Å². The van der Waals surface area contributed by atoms with Crippen LogP contribution in [0.2, 0.25) is 5.02 Å². The van der Waals surface area contributed by atoms with Crippen molar-refractivity contribution < 1.29 is 31.1 Å². The summed E-state index contributed by atoms with van der Waals surface area (Å²) in [5.41, 5.74) is 1.27. The van der Waals surface area contributed by atoms with Crippen LogP contribution in [0.15, 0.2) is 79.0 Å². The van der Waals surface area contributed by atoms with Gasteiger partial charge < -0.3 is 15.1 Å². The molecule has 0 spiro atoms. The summed E-state index contributed by atoms with van der Waals surface area (Å²) in [6.07, 6.45) is -7.34. The summed E-state index contributed by atoms with van der Waals surface area (Å²) in [5, 5.41) is 3.41. The Bertz CT molecular complexity index is 1770. The van der Waals surface area contributed by atoms with E-state index in [-0.39, 0.29) is 35.1 Å². The van der Waals surface area contributed by atoms with Crippen molar-refractivity contribution in [2.75, 3.05) is 60.9 Å². The first-order valence-corrected chi connectivity index (χ1v) is 15.4. The van der Waals surface area contributed by atoms with Gasteiger partial charge in [-0.25, -0.2) is 4.98 Å². The maximum absolute atomic E-state index is 13.8. The van der Waals surface area contributed by atoms with Gasteiger partial charge in [-0.05, 0) is 53.6 Å². The Morgan fingerprint density at radius 3 is 2.28 bits per heavy atom. The number of ketones is 1. The number of carbonyl (C=O) groups is 1. The number of alkyl halides is 6. The molecule has 246 valence electrons. The van der Waals surface area contributed by atoms with Gasteiger partial charge in [-0.1, -0.05) is 41.9 Å². The molecule has 4 aromatic rings. The van der Waals surface area contributed by atoms with Gasteiger partial charge in [0.05, 0.1) is 23.4 Å². The van der Waals surface area contributed by atoms with E-state index in [0.29, 0.717) is 67.5 Å². The number of halogens is 7. The molecule has 6 nitrogen and oxygen atoms in total. The number of Topliss-reactive ketones (excluding diaryl/α,β-unsaturated/α-hetero) is 1. The van der Waals surface area contributed by atoms with Crippen LogP contribution < -0.4 is 15.1 Å². The minimum absolute atomic E-state index is 0.0250. The van der Waals surface area contributed by atoms with Crippen LogP contribution in [0.4, 0.5) is 43.5 Å². The van der Waals surface area contributed by atoms with Gasteiger partial charge in [0.15, 0.2) is 5.78 Å². The van der Waals surface area contributed by atoms with Gasteiger partial charge in [-0.3, -0.25) is 9.69 Å². The molecule has 6 rings (SSSR count). The average molecular weight is 674 g/mol. The van der Waals surface area contributed by atoms with Crippen LogP contribution in [0.1, 0.15) is 27.0 Å². The van der Waals surface area contributed by atoms with E-state index in [2.05, 4.69) is 10.3 Å². The van der Waals surface area contributed by atoms with E-state index in [1.165, 1.54) is 24.3 Å². The molecule has 0 aliphatic carbocycles. The summed E-state index contributed by atoms with van der Waals surface area (Å²) in [5.74, 6) is 0.408. The summed E-state index contributed by atoms with van der Waals surface area (Å²) in [6.45, 7) is 2.58. The number of nitrogens with one attached hydrogen (secondary N) is 1. The molecular formula is C34H30ClF6N5O. The first-order chi connectivity index (χ1) is 22.4. The predicted molar refractivity (Wildman–Crippen MR) is 170 cm³/mol. The van der Waals surface area contributed by atoms with Crippen LogP contribution in [0.25, 0.3) is 11.1 Å². The summed E-state index contributed by atoms with van der Waals surface area (Å²) in [6, 6.07) is 17.9. The third-order valence-electron chi connectivity index (χ3n) is 8.42. The lowest BCUT2D eigenvalue weighted by Gasteiger charge is -2.36. The summed E-state index contributed by atoms with van der Waals surface area (Å²) < 4.78 is 81.8. The van der Waals surface area contributed by atoms with Crippen molar-refractivity contribution in [1.82, 2.24) is 9.88 Å². The van der Waals surface area contributed by atoms with Gasteiger partial charge in [0.1, 0.15) is 5.82 Å². The molecule has 0 saturated carbocycles. The van der Waals surface area contributed by atoms with Gasteiger partial charge >= 0.3 is 12.4 Å². The number of carbonyl (C=O) groups excluding carboxylic acids is 1. The molecule has 1 saturated heterocycles. The summed E-state index contributed by atoms with van der Waals surface area (Å²) in [7, 11) is 0. The zero-order chi connectivity index (χ0) is 33.3. The number of para-hydroxylation sites is 1. The minimum Gasteiger partial charge on any atom is -0.368 e. The van der Waals surface area contributed by atoms with Crippen LogP contribution in [0.3, 0.4) is 0 Å². The van der Waals surface area contributed by atoms with Gasteiger partial charge in [-0.15, -0.1) is 0 Å². The van der Waals surface area contributed by atoms with Crippen molar-refractivity contribution >= 4 is 34.6 Å². The number of aromatic nitrogens is 1. The quantitative estimate of drug-likeness (QED) is 0.159. The van der Waals surface area contributed by atoms with E-state index in [4.69, 9.17) is 11.6 Å². The lowest BCUT2D eigenvalue weighted by molar-refractivity contribution is -0.138. The maximum Gasteiger partial charge on any atom is 0.418 e. The van der Waals surface area contributed by atoms with Crippen molar-refractivity contribution in [3.05, 3.63) is 106 Å². The highest BCUT2D eigenvalue weighted by molar-refractivity contribution is 6.30. The summed E-state index contributed by atoms with van der Waals surface area (Å²) >= 11 is 6.06. The van der Waals surface area contributed by atoms with E-state index in [9.17, 15) is 31.1 Å². The number of piperazine rings is 1. The monoisotopic (exact) mass is 673 g/mol. The van der Waals surface area contributed by atoms with Gasteiger partial charge in [-0.2, -0.15) is 26.3 Å². The average Bonchev–Trinajstić information content (AvgIpc) is 3.04. The molecule has 3 aromatic carbocycles. The number of benzene rings is 3. The van der Waals surface area contributed by atoms with Gasteiger partial charge in [0, 0.05) is 73.8 Å². The van der Waals surface area contributed by atoms with Crippen molar-refractivity contribution in [3.63, 3.8) is 0 Å². The van der Waals surface area contributed by atoms with E-state index >= 15 is 0 Å². The van der Waals surface area contributed by atoms with Crippen molar-refractivity contribution in [1.29, 1.82) is 0 Å². The highest BCUT2D eigenvalue weighted by Gasteiger charge is 2.36. The zero-order valence-electron chi connectivity index (χ0n) is 25.0. The van der Waals surface area contributed by atoms with E-state index in [0.717, 1.165) is 12.1 Å². The van der Waals surface area contributed by atoms with E-state index in [1.54, 1.807) is 35.4 Å². The predicted octanol–water partition coefficient (Wildman–Crippen LogP) is 7.88. The molecule has 2 aliphatic rings. The normalized spacial score (nSPS) is 15.7. The van der Waals surface area contributed by atoms with Gasteiger partial charge in [0.25, 0.3) is 0 Å². The number of fused-ring (bicyclic) bond motifs is 1. The van der Waals surface area contributed by atoms with Crippen LogP contribution in [-0.2, 0) is 18.9 Å². The number of hydrogen-bond acceptors (Lipinski definition) is 6. The van der Waals surface area contributed by atoms with Crippen LogP contribution in [0, 0.1) is 0 Å². The Kier molecular flexibility index (Phi) is 9.08. The molecular weight excluding hydrogens is 644 g/mol. The molecule has 1 N–H and O–H groups in total. The minimum atomic E-state index is -4.53. The zero-order valence-corrected chi connectivity index (χ0v) is 25.8. The molecule has 3 heterocycles. The van der Waals surface area contributed by atoms with E-state index in [1.807, 2.05) is 21.9 Å². The first kappa shape index (κ1) is 32.6. The molecule has 0 bridgehead atoms. The largest absolute Gasteiger partial charge is 0.418 e. The Morgan fingerprint density at radius 2 is 1.53 bits per heavy atom. The highest BCUT2D eigenvalue weighted by Crippen LogP contribution is 2.38. The van der Waals surface area contributed by atoms with E-state index < -0.39 is 23.5 Å². The van der Waals surface area contributed by atoms with Crippen molar-refractivity contribution in [2.45, 2.75) is 18.9 Å². The molecule has 0 unspecified atom stereocenters. The van der Waals surface area contributed by atoms with Crippen molar-refractivity contribution in [3.8, 4) is 11.1 Å². The third kappa shape index (κ3) is 7.33. The molecule has 1 aromatic heterocycles. The molecule has 0 radical (unpaired) electrons. The Morgan fingerprint density at radius 1 is 0.787 bits per heavy atom.